The highest BCUT2D eigenvalue weighted by molar-refractivity contribution is 6.07. The van der Waals surface area contributed by atoms with Crippen LogP contribution < -0.4 is 5.32 Å². The minimum atomic E-state index is -0.119. The number of rotatable bonds is 5. The van der Waals surface area contributed by atoms with Gasteiger partial charge in [0.15, 0.2) is 0 Å². The number of fused-ring (bicyclic) bond motifs is 9. The van der Waals surface area contributed by atoms with Crippen LogP contribution in [0.1, 0.15) is 76.3 Å². The molecule has 0 fully saturated rings. The second-order valence-electron chi connectivity index (χ2n) is 19.1. The molecule has 292 valence electrons. The van der Waals surface area contributed by atoms with Crippen molar-refractivity contribution < 1.29 is 4.42 Å². The van der Waals surface area contributed by atoms with Gasteiger partial charge in [0.25, 0.3) is 0 Å². The molecule has 0 radical (unpaired) electrons. The highest BCUT2D eigenvalue weighted by Crippen LogP contribution is 2.52. The molecule has 0 aliphatic heterocycles. The van der Waals surface area contributed by atoms with Gasteiger partial charge in [-0.2, -0.15) is 0 Å². The van der Waals surface area contributed by atoms with E-state index in [2.05, 4.69) is 218 Å². The Labute approximate surface area is 353 Å². The van der Waals surface area contributed by atoms with E-state index in [9.17, 15) is 0 Å². The van der Waals surface area contributed by atoms with Crippen molar-refractivity contribution in [3.05, 3.63) is 192 Å². The first-order chi connectivity index (χ1) is 28.8. The summed E-state index contributed by atoms with van der Waals surface area (Å²) in [6, 6.07) is 60.7. The van der Waals surface area contributed by atoms with Gasteiger partial charge in [-0.05, 0) is 126 Å². The predicted octanol–water partition coefficient (Wildman–Crippen LogP) is 16.2. The molecule has 0 spiro atoms. The van der Waals surface area contributed by atoms with Crippen molar-refractivity contribution in [1.29, 1.82) is 0 Å². The van der Waals surface area contributed by atoms with Gasteiger partial charge in [0.1, 0.15) is 11.2 Å². The zero-order valence-corrected chi connectivity index (χ0v) is 35.5. The van der Waals surface area contributed by atoms with E-state index in [0.29, 0.717) is 0 Å². The number of anilines is 2. The molecule has 1 aromatic heterocycles. The Morgan fingerprint density at radius 2 is 0.867 bits per heavy atom. The van der Waals surface area contributed by atoms with E-state index in [0.717, 1.165) is 27.9 Å². The fourth-order valence-electron chi connectivity index (χ4n) is 10.2. The SMILES string of the molecule is CC(C)(C)c1cccc2c1oc1cc(Nc3ccc(-c4ccc(-c5ccc6c(c5)C(C)(C)c5cc(-c7ccc8c(c7)C(C)(C)c7ccccc7-8)ccc5-6)cc4)cc3)ccc12. The summed E-state index contributed by atoms with van der Waals surface area (Å²) in [5, 5.41) is 5.91. The van der Waals surface area contributed by atoms with Crippen LogP contribution in [0, 0.1) is 0 Å². The number of hydrogen-bond acceptors (Lipinski definition) is 2. The fourth-order valence-corrected chi connectivity index (χ4v) is 10.2. The van der Waals surface area contributed by atoms with Crippen LogP contribution in [-0.4, -0.2) is 0 Å². The highest BCUT2D eigenvalue weighted by atomic mass is 16.3. The van der Waals surface area contributed by atoms with E-state index in [1.807, 2.05) is 0 Å². The predicted molar refractivity (Wildman–Crippen MR) is 254 cm³/mol. The number of furan rings is 1. The van der Waals surface area contributed by atoms with Gasteiger partial charge in [-0.3, -0.25) is 0 Å². The van der Waals surface area contributed by atoms with Crippen LogP contribution in [-0.2, 0) is 16.2 Å². The smallest absolute Gasteiger partial charge is 0.139 e. The van der Waals surface area contributed by atoms with E-state index in [1.165, 1.54) is 88.8 Å². The molecular formula is C58H49NO. The van der Waals surface area contributed by atoms with Crippen molar-refractivity contribution in [1.82, 2.24) is 0 Å². The van der Waals surface area contributed by atoms with Gasteiger partial charge in [0.2, 0.25) is 0 Å². The van der Waals surface area contributed by atoms with Crippen molar-refractivity contribution in [2.75, 3.05) is 5.32 Å². The summed E-state index contributed by atoms with van der Waals surface area (Å²) in [7, 11) is 0. The molecule has 8 aromatic carbocycles. The Kier molecular flexibility index (Phi) is 7.85. The molecule has 0 bridgehead atoms. The van der Waals surface area contributed by atoms with Gasteiger partial charge in [-0.15, -0.1) is 0 Å². The van der Waals surface area contributed by atoms with Gasteiger partial charge in [0.05, 0.1) is 0 Å². The molecule has 2 heteroatoms. The average Bonchev–Trinajstić information content (AvgIpc) is 3.82. The number of hydrogen-bond donors (Lipinski definition) is 1. The Hall–Kier alpha value is -6.64. The summed E-state index contributed by atoms with van der Waals surface area (Å²) in [4.78, 5) is 0. The minimum absolute atomic E-state index is 0.00519. The molecule has 9 aromatic rings. The number of nitrogens with one attached hydrogen (secondary N) is 1. The van der Waals surface area contributed by atoms with E-state index >= 15 is 0 Å². The molecule has 0 atom stereocenters. The third-order valence-electron chi connectivity index (χ3n) is 13.6. The second-order valence-corrected chi connectivity index (χ2v) is 19.1. The van der Waals surface area contributed by atoms with Crippen LogP contribution in [0.5, 0.6) is 0 Å². The maximum atomic E-state index is 6.46. The quantitative estimate of drug-likeness (QED) is 0.188. The largest absolute Gasteiger partial charge is 0.456 e. The van der Waals surface area contributed by atoms with Gasteiger partial charge >= 0.3 is 0 Å². The Morgan fingerprint density at radius 3 is 1.45 bits per heavy atom. The van der Waals surface area contributed by atoms with Gasteiger partial charge < -0.3 is 9.73 Å². The zero-order chi connectivity index (χ0) is 41.1. The van der Waals surface area contributed by atoms with E-state index in [1.54, 1.807) is 0 Å². The van der Waals surface area contributed by atoms with Gasteiger partial charge in [0, 0.05) is 44.6 Å². The first kappa shape index (κ1) is 36.4. The van der Waals surface area contributed by atoms with Crippen LogP contribution in [0.2, 0.25) is 0 Å². The van der Waals surface area contributed by atoms with Crippen LogP contribution in [0.15, 0.2) is 168 Å². The third kappa shape index (κ3) is 5.61. The molecule has 0 unspecified atom stereocenters. The van der Waals surface area contributed by atoms with Crippen molar-refractivity contribution in [2.45, 2.75) is 64.7 Å². The van der Waals surface area contributed by atoms with Gasteiger partial charge in [-0.25, -0.2) is 0 Å². The molecule has 0 saturated heterocycles. The second kappa shape index (κ2) is 12.9. The van der Waals surface area contributed by atoms with Crippen LogP contribution in [0.3, 0.4) is 0 Å². The summed E-state index contributed by atoms with van der Waals surface area (Å²) >= 11 is 0. The first-order valence-electron chi connectivity index (χ1n) is 21.3. The molecule has 1 heterocycles. The van der Waals surface area contributed by atoms with Crippen LogP contribution >= 0.6 is 0 Å². The van der Waals surface area contributed by atoms with Gasteiger partial charge in [-0.1, -0.05) is 164 Å². The van der Waals surface area contributed by atoms with Crippen molar-refractivity contribution >= 4 is 33.3 Å². The molecule has 2 nitrogen and oxygen atoms in total. The van der Waals surface area contributed by atoms with Crippen molar-refractivity contribution in [2.24, 2.45) is 0 Å². The molecule has 2 aliphatic rings. The lowest BCUT2D eigenvalue weighted by atomic mass is 9.80. The molecule has 2 aliphatic carbocycles. The Morgan fingerprint density at radius 1 is 0.400 bits per heavy atom. The normalized spacial score (nSPS) is 14.5. The highest BCUT2D eigenvalue weighted by Gasteiger charge is 2.37. The van der Waals surface area contributed by atoms with Crippen molar-refractivity contribution in [3.63, 3.8) is 0 Å². The summed E-state index contributed by atoms with van der Waals surface area (Å²) < 4.78 is 6.46. The maximum Gasteiger partial charge on any atom is 0.139 e. The number of para-hydroxylation sites is 1. The molecule has 60 heavy (non-hydrogen) atoms. The van der Waals surface area contributed by atoms with E-state index < -0.39 is 0 Å². The topological polar surface area (TPSA) is 25.2 Å². The lowest BCUT2D eigenvalue weighted by molar-refractivity contribution is 0.573. The Bertz CT molecular complexity index is 3190. The summed E-state index contributed by atoms with van der Waals surface area (Å²) in [5.41, 5.74) is 23.5. The summed E-state index contributed by atoms with van der Waals surface area (Å²) in [6.07, 6.45) is 0. The molecular weight excluding hydrogens is 727 g/mol. The van der Waals surface area contributed by atoms with Crippen molar-refractivity contribution in [3.8, 4) is 55.6 Å². The maximum absolute atomic E-state index is 6.46. The van der Waals surface area contributed by atoms with Crippen LogP contribution in [0.25, 0.3) is 77.6 Å². The standard InChI is InChI=1S/C58H49NO/c1-56(2,3)50-14-10-12-48-47-30-26-42(34-54(47)60-55(48)50)59-41-24-19-36(20-25-41)35-15-17-37(18-16-35)38-21-27-45-46-29-23-40(33-53(46)58(6,7)52(45)31-38)39-22-28-44-43-11-8-9-13-49(43)57(4,5)51(44)32-39/h8-34,59H,1-7H3. The number of benzene rings is 8. The minimum Gasteiger partial charge on any atom is -0.456 e. The van der Waals surface area contributed by atoms with E-state index in [-0.39, 0.29) is 16.2 Å². The molecule has 0 amide bonds. The zero-order valence-electron chi connectivity index (χ0n) is 35.5. The fraction of sp³-hybridized carbons (Fsp3) is 0.172. The Balaban J connectivity index is 0.818. The molecule has 1 N–H and O–H groups in total. The first-order valence-corrected chi connectivity index (χ1v) is 21.3. The lowest BCUT2D eigenvalue weighted by Crippen LogP contribution is -2.15. The lowest BCUT2D eigenvalue weighted by Gasteiger charge is -2.23. The monoisotopic (exact) mass is 775 g/mol. The third-order valence-corrected chi connectivity index (χ3v) is 13.6. The average molecular weight is 776 g/mol. The van der Waals surface area contributed by atoms with Crippen LogP contribution in [0.4, 0.5) is 11.4 Å². The van der Waals surface area contributed by atoms with E-state index in [4.69, 9.17) is 4.42 Å². The summed E-state index contributed by atoms with van der Waals surface area (Å²) in [6.45, 7) is 16.2. The molecule has 0 saturated carbocycles. The summed E-state index contributed by atoms with van der Waals surface area (Å²) in [5.74, 6) is 0. The molecule has 11 rings (SSSR count).